The van der Waals surface area contributed by atoms with Crippen LogP contribution in [0, 0.1) is 11.8 Å². The summed E-state index contributed by atoms with van der Waals surface area (Å²) in [5, 5.41) is 2.82. The van der Waals surface area contributed by atoms with Gasteiger partial charge < -0.3 is 9.47 Å². The summed E-state index contributed by atoms with van der Waals surface area (Å²) >= 11 is 0. The van der Waals surface area contributed by atoms with E-state index in [0.717, 1.165) is 39.4 Å². The fraction of sp³-hybridized carbons (Fsp3) is 0.467. The van der Waals surface area contributed by atoms with Gasteiger partial charge in [0.2, 0.25) is 0 Å². The van der Waals surface area contributed by atoms with Crippen LogP contribution >= 0.6 is 0 Å². The van der Waals surface area contributed by atoms with E-state index < -0.39 is 8.07 Å². The molecule has 2 unspecified atom stereocenters. The Balaban J connectivity index is 1.66. The van der Waals surface area contributed by atoms with Crippen LogP contribution in [0.15, 0.2) is 84.2 Å². The van der Waals surface area contributed by atoms with E-state index in [0.29, 0.717) is 11.8 Å². The van der Waals surface area contributed by atoms with Crippen molar-refractivity contribution in [1.29, 1.82) is 0 Å². The molecular weight excluding hydrogens is 448 g/mol. The van der Waals surface area contributed by atoms with Crippen LogP contribution in [0.4, 0.5) is 0 Å². The minimum atomic E-state index is -2.29. The van der Waals surface area contributed by atoms with Crippen molar-refractivity contribution in [2.24, 2.45) is 11.8 Å². The van der Waals surface area contributed by atoms with Crippen LogP contribution in [0.25, 0.3) is 0 Å². The summed E-state index contributed by atoms with van der Waals surface area (Å²) in [4.78, 5) is 4.93. The zero-order valence-corrected chi connectivity index (χ0v) is 22.8. The van der Waals surface area contributed by atoms with Crippen LogP contribution in [0.1, 0.15) is 27.7 Å². The van der Waals surface area contributed by atoms with Crippen molar-refractivity contribution in [1.82, 2.24) is 9.80 Å². The zero-order valence-electron chi connectivity index (χ0n) is 21.8. The van der Waals surface area contributed by atoms with Gasteiger partial charge in [-0.25, -0.2) is 0 Å². The molecule has 0 aromatic heterocycles. The van der Waals surface area contributed by atoms with Gasteiger partial charge in [0.1, 0.15) is 12.5 Å². The minimum Gasteiger partial charge on any atom is -0.362 e. The topological polar surface area (TPSA) is 24.9 Å². The molecule has 2 aliphatic heterocycles. The molecule has 2 heterocycles. The molecule has 2 aliphatic rings. The third-order valence-electron chi connectivity index (χ3n) is 7.14. The Morgan fingerprint density at radius 2 is 1.11 bits per heavy atom. The van der Waals surface area contributed by atoms with Crippen molar-refractivity contribution in [3.63, 3.8) is 0 Å². The average molecular weight is 491 g/mol. The van der Waals surface area contributed by atoms with Crippen molar-refractivity contribution in [2.75, 3.05) is 39.4 Å². The average Bonchev–Trinajstić information content (AvgIpc) is 3.54. The smallest absolute Gasteiger partial charge is 0.164 e. The summed E-state index contributed by atoms with van der Waals surface area (Å²) in [6.07, 6.45) is 5.22. The summed E-state index contributed by atoms with van der Waals surface area (Å²) in [5.74, 6) is 0.986. The molecule has 2 atom stereocenters. The van der Waals surface area contributed by atoms with E-state index in [1.807, 2.05) is 0 Å². The maximum absolute atomic E-state index is 6.00. The lowest BCUT2D eigenvalue weighted by Gasteiger charge is -2.29. The molecule has 0 radical (unpaired) electrons. The van der Waals surface area contributed by atoms with E-state index in [2.05, 4.69) is 122 Å². The fourth-order valence-corrected chi connectivity index (χ4v) is 9.10. The van der Waals surface area contributed by atoms with Crippen LogP contribution < -0.4 is 10.4 Å². The van der Waals surface area contributed by atoms with Gasteiger partial charge in [0.15, 0.2) is 8.07 Å². The Kier molecular flexibility index (Phi) is 9.14. The third-order valence-corrected chi connectivity index (χ3v) is 11.2. The Morgan fingerprint density at radius 1 is 0.714 bits per heavy atom. The minimum absolute atomic E-state index is 0.211. The van der Waals surface area contributed by atoms with Gasteiger partial charge in [-0.3, -0.25) is 9.80 Å². The van der Waals surface area contributed by atoms with Crippen molar-refractivity contribution in [2.45, 2.75) is 40.2 Å². The highest BCUT2D eigenvalue weighted by Crippen LogP contribution is 2.20. The van der Waals surface area contributed by atoms with Crippen LogP contribution in [-0.4, -0.2) is 69.7 Å². The maximum atomic E-state index is 6.00. The first kappa shape index (κ1) is 26.1. The van der Waals surface area contributed by atoms with E-state index >= 15 is 0 Å². The van der Waals surface area contributed by atoms with Gasteiger partial charge in [-0.1, -0.05) is 112 Å². The Bertz CT molecular complexity index is 881. The largest absolute Gasteiger partial charge is 0.362 e. The Hall–Kier alpha value is -2.02. The van der Waals surface area contributed by atoms with Gasteiger partial charge in [-0.05, 0) is 22.2 Å². The van der Waals surface area contributed by atoms with Crippen molar-refractivity contribution >= 4 is 18.4 Å². The molecule has 188 valence electrons. The summed E-state index contributed by atoms with van der Waals surface area (Å²) in [7, 11) is -2.29. The molecule has 5 heteroatoms. The molecule has 2 aromatic carbocycles. The summed E-state index contributed by atoms with van der Waals surface area (Å²) in [6.45, 7) is 14.5. The quantitative estimate of drug-likeness (QED) is 0.469. The lowest BCUT2D eigenvalue weighted by atomic mass is 10.2. The fourth-order valence-electron chi connectivity index (χ4n) is 5.45. The number of benzene rings is 2. The van der Waals surface area contributed by atoms with E-state index in [1.54, 1.807) is 0 Å². The maximum Gasteiger partial charge on any atom is 0.164 e. The van der Waals surface area contributed by atoms with Crippen molar-refractivity contribution in [3.8, 4) is 0 Å². The second kappa shape index (κ2) is 12.3. The van der Waals surface area contributed by atoms with Crippen LogP contribution in [0.5, 0.6) is 0 Å². The zero-order chi connectivity index (χ0) is 24.7. The van der Waals surface area contributed by atoms with Crippen molar-refractivity contribution in [3.05, 3.63) is 84.2 Å². The van der Waals surface area contributed by atoms with Crippen LogP contribution in [0.2, 0.25) is 0 Å². The van der Waals surface area contributed by atoms with Crippen LogP contribution in [-0.2, 0) is 9.47 Å². The highest BCUT2D eigenvalue weighted by molar-refractivity contribution is 7.09. The molecule has 2 aromatic rings. The monoisotopic (exact) mass is 490 g/mol. The van der Waals surface area contributed by atoms with Gasteiger partial charge in [0.25, 0.3) is 0 Å². The van der Waals surface area contributed by atoms with E-state index in [9.17, 15) is 0 Å². The first-order valence-corrected chi connectivity index (χ1v) is 15.3. The number of rotatable bonds is 10. The number of nitrogens with zero attached hydrogens (tertiary/aromatic N) is 2. The standard InChI is InChI=1S/C30H42N2O2Si/c1-25(2)29-31(19-21-33-29)17-11-23-35(27-13-7-5-8-14-27,28-15-9-6-10-16-28)24-12-18-32-20-22-34-30(32)26(3)4/h5-16,23-26,29-30H,17-22H2,1-4H3. The second-order valence-corrected chi connectivity index (χ2v) is 14.0. The van der Waals surface area contributed by atoms with Crippen LogP contribution in [0.3, 0.4) is 0 Å². The first-order valence-electron chi connectivity index (χ1n) is 13.2. The molecule has 4 rings (SSSR count). The highest BCUT2D eigenvalue weighted by atomic mass is 28.3. The molecule has 0 saturated carbocycles. The lowest BCUT2D eigenvalue weighted by Crippen LogP contribution is -2.56. The summed E-state index contributed by atoms with van der Waals surface area (Å²) in [6, 6.07) is 22.2. The normalized spacial score (nSPS) is 22.5. The summed E-state index contributed by atoms with van der Waals surface area (Å²) < 4.78 is 12.0. The second-order valence-electron chi connectivity index (χ2n) is 10.4. The van der Waals surface area contributed by atoms with E-state index in [-0.39, 0.29) is 12.5 Å². The molecule has 35 heavy (non-hydrogen) atoms. The molecular formula is C30H42N2O2Si. The van der Waals surface area contributed by atoms with Gasteiger partial charge in [0, 0.05) is 26.2 Å². The predicted molar refractivity (Wildman–Crippen MR) is 148 cm³/mol. The molecule has 2 saturated heterocycles. The van der Waals surface area contributed by atoms with E-state index in [1.165, 1.54) is 10.4 Å². The highest BCUT2D eigenvalue weighted by Gasteiger charge is 2.33. The molecule has 0 bridgehead atoms. The third kappa shape index (κ3) is 6.22. The number of hydrogen-bond donors (Lipinski definition) is 0. The molecule has 0 aliphatic carbocycles. The Morgan fingerprint density at radius 3 is 1.49 bits per heavy atom. The molecule has 4 nitrogen and oxygen atoms in total. The lowest BCUT2D eigenvalue weighted by molar-refractivity contribution is 0.00324. The number of ether oxygens (including phenoxy) is 2. The van der Waals surface area contributed by atoms with Gasteiger partial charge in [0.05, 0.1) is 13.2 Å². The SMILES string of the molecule is CC(C)C1OCCN1CC=C[Si](C=CCN1CCOC1C(C)C)(c1ccccc1)c1ccccc1. The summed E-state index contributed by atoms with van der Waals surface area (Å²) in [5.41, 5.74) is 5.06. The molecule has 0 N–H and O–H groups in total. The Labute approximate surface area is 213 Å². The van der Waals surface area contributed by atoms with E-state index in [4.69, 9.17) is 9.47 Å². The molecule has 0 amide bonds. The first-order chi connectivity index (χ1) is 17.0. The van der Waals surface area contributed by atoms with Gasteiger partial charge in [-0.2, -0.15) is 0 Å². The number of hydrogen-bond acceptors (Lipinski definition) is 4. The molecule has 2 fully saturated rings. The van der Waals surface area contributed by atoms with Crippen molar-refractivity contribution < 1.29 is 9.47 Å². The van der Waals surface area contributed by atoms with Gasteiger partial charge >= 0.3 is 0 Å². The molecule has 0 spiro atoms. The van der Waals surface area contributed by atoms with Gasteiger partial charge in [-0.15, -0.1) is 0 Å². The predicted octanol–water partition coefficient (Wildman–Crippen LogP) is 4.07.